The molecule has 3 aromatic carbocycles. The van der Waals surface area contributed by atoms with E-state index in [0.29, 0.717) is 11.3 Å². The van der Waals surface area contributed by atoms with Crippen molar-refractivity contribution in [3.05, 3.63) is 77.9 Å². The van der Waals surface area contributed by atoms with Gasteiger partial charge in [-0.25, -0.2) is 0 Å². The van der Waals surface area contributed by atoms with Crippen LogP contribution in [0.15, 0.2) is 77.0 Å². The Bertz CT molecular complexity index is 1080. The number of aliphatic hydroxyl groups excluding tert-OH is 1. The molecule has 3 aromatic rings. The third kappa shape index (κ3) is 3.20. The quantitative estimate of drug-likeness (QED) is 0.310. The maximum Gasteiger partial charge on any atom is 0.153 e. The van der Waals surface area contributed by atoms with Crippen LogP contribution in [0.1, 0.15) is 17.2 Å². The molecule has 0 amide bonds. The van der Waals surface area contributed by atoms with Crippen molar-refractivity contribution in [2.45, 2.75) is 12.1 Å². The van der Waals surface area contributed by atoms with Gasteiger partial charge in [-0.1, -0.05) is 71.0 Å². The summed E-state index contributed by atoms with van der Waals surface area (Å²) in [5.41, 5.74) is 7.93. The number of hydrogen-bond acceptors (Lipinski definition) is 7. The Labute approximate surface area is 167 Å². The topological polar surface area (TPSA) is 121 Å². The molecule has 1 aliphatic rings. The van der Waals surface area contributed by atoms with Crippen molar-refractivity contribution < 1.29 is 20.3 Å². The molecule has 7 nitrogen and oxygen atoms in total. The second-order valence-corrected chi connectivity index (χ2v) is 6.91. The Morgan fingerprint density at radius 3 is 2.34 bits per heavy atom. The summed E-state index contributed by atoms with van der Waals surface area (Å²) in [5.74, 6) is -0.0722. The molecule has 0 aliphatic carbocycles. The minimum atomic E-state index is -0.903. The van der Waals surface area contributed by atoms with Gasteiger partial charge in [-0.3, -0.25) is 0 Å². The van der Waals surface area contributed by atoms with Gasteiger partial charge in [-0.05, 0) is 16.8 Å². The van der Waals surface area contributed by atoms with Crippen molar-refractivity contribution in [3.63, 3.8) is 0 Å². The van der Waals surface area contributed by atoms with Crippen LogP contribution in [0.3, 0.4) is 0 Å². The van der Waals surface area contributed by atoms with Gasteiger partial charge in [0, 0.05) is 23.1 Å². The number of benzene rings is 3. The molecule has 7 heteroatoms. The molecule has 0 saturated carbocycles. The Morgan fingerprint density at radius 2 is 1.66 bits per heavy atom. The van der Waals surface area contributed by atoms with Crippen molar-refractivity contribution in [2.75, 3.05) is 6.61 Å². The van der Waals surface area contributed by atoms with E-state index in [1.165, 1.54) is 0 Å². The van der Waals surface area contributed by atoms with Crippen molar-refractivity contribution in [1.29, 1.82) is 0 Å². The lowest BCUT2D eigenvalue weighted by Crippen LogP contribution is -2.48. The summed E-state index contributed by atoms with van der Waals surface area (Å²) in [6.45, 7) is -0.305. The van der Waals surface area contributed by atoms with Gasteiger partial charge in [0.1, 0.15) is 17.2 Å². The number of nitrogens with zero attached hydrogens (tertiary/aromatic N) is 2. The zero-order chi connectivity index (χ0) is 20.4. The highest BCUT2D eigenvalue weighted by Crippen LogP contribution is 2.42. The normalized spacial score (nSPS) is 22.2. The zero-order valence-electron chi connectivity index (χ0n) is 15.5. The Morgan fingerprint density at radius 1 is 0.931 bits per heavy atom. The molecule has 0 fully saturated rings. The van der Waals surface area contributed by atoms with Gasteiger partial charge in [0.25, 0.3) is 0 Å². The summed E-state index contributed by atoms with van der Waals surface area (Å²) in [4.78, 5) is 0. The largest absolute Gasteiger partial charge is 0.483 e. The predicted molar refractivity (Wildman–Crippen MR) is 110 cm³/mol. The second-order valence-electron chi connectivity index (χ2n) is 6.91. The maximum atomic E-state index is 10.1. The molecule has 3 atom stereocenters. The van der Waals surface area contributed by atoms with Crippen LogP contribution in [0.4, 0.5) is 0 Å². The summed E-state index contributed by atoms with van der Waals surface area (Å²) in [6, 6.07) is 19.8. The van der Waals surface area contributed by atoms with Gasteiger partial charge in [0.05, 0.1) is 6.61 Å². The fourth-order valence-electron chi connectivity index (χ4n) is 3.91. The van der Waals surface area contributed by atoms with E-state index in [1.807, 2.05) is 42.5 Å². The minimum absolute atomic E-state index is 0.00740. The number of nitrogens with two attached hydrogens (primary N) is 1. The Balaban J connectivity index is 1.81. The average Bonchev–Trinajstić information content (AvgIpc) is 2.77. The SMILES string of the molecule is NC1c2c(ccc3ccccc23)OC(C(=NO)C(=NO)c2ccccc2)C1CO. The molecule has 29 heavy (non-hydrogen) atoms. The summed E-state index contributed by atoms with van der Waals surface area (Å²) in [6.07, 6.45) is -0.903. The molecule has 3 unspecified atom stereocenters. The monoisotopic (exact) mass is 391 g/mol. The standard InChI is InChI=1S/C22H21N3O4/c23-19-16(12-26)22(21(25-28)20(24-27)14-7-2-1-3-8-14)29-17-11-10-13-6-4-5-9-15(13)18(17)19/h1-11,16,19,22,26-28H,12,23H2. The molecule has 0 saturated heterocycles. The predicted octanol–water partition coefficient (Wildman–Crippen LogP) is 2.92. The van der Waals surface area contributed by atoms with Gasteiger partial charge in [-0.2, -0.15) is 0 Å². The lowest BCUT2D eigenvalue weighted by Gasteiger charge is -2.37. The molecule has 0 bridgehead atoms. The number of oxime groups is 2. The molecule has 4 rings (SSSR count). The van der Waals surface area contributed by atoms with E-state index in [2.05, 4.69) is 10.3 Å². The third-order valence-corrected chi connectivity index (χ3v) is 5.35. The summed E-state index contributed by atoms with van der Waals surface area (Å²) in [7, 11) is 0. The van der Waals surface area contributed by atoms with E-state index in [9.17, 15) is 15.5 Å². The molecule has 148 valence electrons. The zero-order valence-corrected chi connectivity index (χ0v) is 15.5. The summed E-state index contributed by atoms with van der Waals surface area (Å²) >= 11 is 0. The van der Waals surface area contributed by atoms with E-state index in [0.717, 1.165) is 16.3 Å². The van der Waals surface area contributed by atoms with Crippen LogP contribution >= 0.6 is 0 Å². The molecule has 1 aliphatic heterocycles. The van der Waals surface area contributed by atoms with E-state index in [1.54, 1.807) is 24.3 Å². The van der Waals surface area contributed by atoms with Crippen LogP contribution in [-0.2, 0) is 0 Å². The number of rotatable bonds is 4. The first-order valence-corrected chi connectivity index (χ1v) is 9.24. The third-order valence-electron chi connectivity index (χ3n) is 5.35. The Kier molecular flexibility index (Phi) is 5.16. The highest BCUT2D eigenvalue weighted by Gasteiger charge is 2.42. The van der Waals surface area contributed by atoms with E-state index in [-0.39, 0.29) is 18.0 Å². The van der Waals surface area contributed by atoms with Crippen LogP contribution in [0, 0.1) is 5.92 Å². The van der Waals surface area contributed by atoms with Gasteiger partial charge < -0.3 is 26.0 Å². The molecule has 0 spiro atoms. The summed E-state index contributed by atoms with van der Waals surface area (Å²) in [5, 5.41) is 38.1. The van der Waals surface area contributed by atoms with Crippen LogP contribution in [0.5, 0.6) is 5.75 Å². The highest BCUT2D eigenvalue weighted by molar-refractivity contribution is 6.49. The first-order chi connectivity index (χ1) is 14.2. The fraction of sp³-hybridized carbons (Fsp3) is 0.182. The minimum Gasteiger partial charge on any atom is -0.483 e. The average molecular weight is 391 g/mol. The van der Waals surface area contributed by atoms with E-state index < -0.39 is 18.1 Å². The molecule has 1 heterocycles. The Hall–Kier alpha value is -3.42. The van der Waals surface area contributed by atoms with Gasteiger partial charge in [0.15, 0.2) is 6.10 Å². The molecule has 0 radical (unpaired) electrons. The van der Waals surface area contributed by atoms with Crippen LogP contribution in [-0.4, -0.2) is 39.7 Å². The van der Waals surface area contributed by atoms with E-state index >= 15 is 0 Å². The first-order valence-electron chi connectivity index (χ1n) is 9.24. The van der Waals surface area contributed by atoms with Gasteiger partial charge in [0.2, 0.25) is 0 Å². The first kappa shape index (κ1) is 18.9. The van der Waals surface area contributed by atoms with Crippen molar-refractivity contribution in [2.24, 2.45) is 22.0 Å². The summed E-state index contributed by atoms with van der Waals surface area (Å²) < 4.78 is 6.15. The van der Waals surface area contributed by atoms with Gasteiger partial charge in [-0.15, -0.1) is 0 Å². The smallest absolute Gasteiger partial charge is 0.153 e. The molecule has 5 N–H and O–H groups in total. The number of ether oxygens (including phenoxy) is 1. The van der Waals surface area contributed by atoms with Crippen molar-refractivity contribution in [3.8, 4) is 5.75 Å². The second kappa shape index (κ2) is 7.90. The number of fused-ring (bicyclic) bond motifs is 3. The number of aliphatic hydroxyl groups is 1. The fourth-order valence-corrected chi connectivity index (χ4v) is 3.91. The lowest BCUT2D eigenvalue weighted by molar-refractivity contribution is 0.0913. The molecule has 0 aromatic heterocycles. The van der Waals surface area contributed by atoms with Gasteiger partial charge >= 0.3 is 0 Å². The van der Waals surface area contributed by atoms with Crippen LogP contribution < -0.4 is 10.5 Å². The lowest BCUT2D eigenvalue weighted by atomic mass is 9.81. The molecular formula is C22H21N3O4. The van der Waals surface area contributed by atoms with Crippen LogP contribution in [0.2, 0.25) is 0 Å². The number of hydrogen-bond donors (Lipinski definition) is 4. The molecular weight excluding hydrogens is 370 g/mol. The van der Waals surface area contributed by atoms with Crippen LogP contribution in [0.25, 0.3) is 10.8 Å². The highest BCUT2D eigenvalue weighted by atomic mass is 16.5. The maximum absolute atomic E-state index is 10.1. The van der Waals surface area contributed by atoms with E-state index in [4.69, 9.17) is 10.5 Å². The van der Waals surface area contributed by atoms with Crippen molar-refractivity contribution >= 4 is 22.2 Å². The van der Waals surface area contributed by atoms with Crippen molar-refractivity contribution in [1.82, 2.24) is 0 Å².